The Morgan fingerprint density at radius 2 is 1.77 bits per heavy atom. The van der Waals surface area contributed by atoms with Crippen LogP contribution in [0.15, 0.2) is 59.5 Å². The van der Waals surface area contributed by atoms with Crippen molar-refractivity contribution in [2.24, 2.45) is 0 Å². The van der Waals surface area contributed by atoms with Crippen molar-refractivity contribution in [2.75, 3.05) is 6.54 Å². The van der Waals surface area contributed by atoms with E-state index in [0.717, 1.165) is 5.06 Å². The molecule has 186 valence electrons. The zero-order valence-corrected chi connectivity index (χ0v) is 21.0. The van der Waals surface area contributed by atoms with E-state index in [1.807, 2.05) is 6.07 Å². The number of benzene rings is 2. The molecule has 1 unspecified atom stereocenters. The molecular weight excluding hydrogens is 494 g/mol. The fourth-order valence-corrected chi connectivity index (χ4v) is 5.83. The van der Waals surface area contributed by atoms with Crippen molar-refractivity contribution in [3.63, 3.8) is 0 Å². The second-order valence-corrected chi connectivity index (χ2v) is 11.6. The molecule has 1 aliphatic rings. The fraction of sp³-hybridized carbons (Fsp3) is 0.375. The van der Waals surface area contributed by atoms with Crippen LogP contribution in [0.25, 0.3) is 0 Å². The minimum Gasteiger partial charge on any atom is -0.427 e. The maximum atomic E-state index is 13.3. The zero-order valence-electron chi connectivity index (χ0n) is 19.5. The summed E-state index contributed by atoms with van der Waals surface area (Å²) in [7, 11) is -3.98. The number of hydroxylamine groups is 2. The lowest BCUT2D eigenvalue weighted by atomic mass is 10.1. The molecule has 1 aliphatic heterocycles. The third-order valence-electron chi connectivity index (χ3n) is 5.23. The van der Waals surface area contributed by atoms with Crippen molar-refractivity contribution in [3.8, 4) is 6.07 Å². The van der Waals surface area contributed by atoms with Gasteiger partial charge >= 0.3 is 6.16 Å². The highest BCUT2D eigenvalue weighted by atomic mass is 35.5. The van der Waals surface area contributed by atoms with Crippen molar-refractivity contribution in [1.82, 2.24) is 10.4 Å². The van der Waals surface area contributed by atoms with Crippen LogP contribution in [0.5, 0.6) is 0 Å². The third kappa shape index (κ3) is 6.51. The van der Waals surface area contributed by atoms with Gasteiger partial charge in [-0.3, -0.25) is 4.79 Å². The summed E-state index contributed by atoms with van der Waals surface area (Å²) in [4.78, 5) is 30.7. The molecule has 35 heavy (non-hydrogen) atoms. The van der Waals surface area contributed by atoms with Crippen LogP contribution in [0.4, 0.5) is 4.79 Å². The van der Waals surface area contributed by atoms with Crippen molar-refractivity contribution in [3.05, 3.63) is 65.2 Å². The van der Waals surface area contributed by atoms with Gasteiger partial charge in [0.15, 0.2) is 9.84 Å². The van der Waals surface area contributed by atoms with Gasteiger partial charge in [-0.1, -0.05) is 54.1 Å². The molecule has 3 rings (SSSR count). The number of carbonyl (C=O) groups is 2. The Labute approximate surface area is 209 Å². The molecule has 0 aromatic heterocycles. The average Bonchev–Trinajstić information content (AvgIpc) is 3.21. The first-order valence-corrected chi connectivity index (χ1v) is 12.8. The highest BCUT2D eigenvalue weighted by molar-refractivity contribution is 7.92. The molecule has 0 saturated carbocycles. The van der Waals surface area contributed by atoms with E-state index >= 15 is 0 Å². The molecule has 1 N–H and O–H groups in total. The third-order valence-corrected chi connectivity index (χ3v) is 7.86. The zero-order chi connectivity index (χ0) is 25.8. The van der Waals surface area contributed by atoms with Crippen molar-refractivity contribution in [2.45, 2.75) is 55.0 Å². The molecule has 2 aromatic rings. The van der Waals surface area contributed by atoms with E-state index in [1.54, 1.807) is 63.2 Å². The first-order chi connectivity index (χ1) is 16.4. The second-order valence-electron chi connectivity index (χ2n) is 8.99. The lowest BCUT2D eigenvalue weighted by Gasteiger charge is -2.25. The van der Waals surface area contributed by atoms with Crippen LogP contribution in [-0.4, -0.2) is 49.0 Å². The van der Waals surface area contributed by atoms with Crippen LogP contribution >= 0.6 is 11.6 Å². The smallest absolute Gasteiger partial charge is 0.427 e. The number of nitriles is 1. The Bertz CT molecular complexity index is 1220. The maximum Gasteiger partial charge on any atom is 0.528 e. The minimum atomic E-state index is -3.98. The molecule has 0 spiro atoms. The lowest BCUT2D eigenvalue weighted by Crippen LogP contribution is -2.45. The van der Waals surface area contributed by atoms with Gasteiger partial charge in [0.2, 0.25) is 5.91 Å². The highest BCUT2D eigenvalue weighted by Gasteiger charge is 2.46. The van der Waals surface area contributed by atoms with Gasteiger partial charge in [0.05, 0.1) is 27.8 Å². The van der Waals surface area contributed by atoms with Gasteiger partial charge < -0.3 is 14.9 Å². The van der Waals surface area contributed by atoms with Crippen LogP contribution in [0.1, 0.15) is 38.8 Å². The van der Waals surface area contributed by atoms with Crippen molar-refractivity contribution in [1.29, 1.82) is 5.26 Å². The van der Waals surface area contributed by atoms with Gasteiger partial charge in [0.1, 0.15) is 17.7 Å². The fourth-order valence-electron chi connectivity index (χ4n) is 3.63. The Morgan fingerprint density at radius 3 is 2.37 bits per heavy atom. The number of halogens is 1. The molecule has 2 aromatic carbocycles. The molecule has 0 radical (unpaired) electrons. The van der Waals surface area contributed by atoms with E-state index in [9.17, 15) is 23.3 Å². The predicted molar refractivity (Wildman–Crippen MR) is 128 cm³/mol. The quantitative estimate of drug-likeness (QED) is 0.571. The molecule has 9 nitrogen and oxygen atoms in total. The van der Waals surface area contributed by atoms with Crippen LogP contribution in [0.2, 0.25) is 5.02 Å². The molecule has 11 heteroatoms. The SMILES string of the molecule is CC(C)(C)OC(=O)ON1C[C@H](S(=O)(=O)c2ccccc2Cl)C[C@H]1C(=O)NC(C#N)c1ccccc1. The van der Waals surface area contributed by atoms with Crippen molar-refractivity contribution >= 4 is 33.5 Å². The Hall–Kier alpha value is -3.13. The Kier molecular flexibility index (Phi) is 8.05. The van der Waals surface area contributed by atoms with Gasteiger partial charge in [0, 0.05) is 0 Å². The Morgan fingerprint density at radius 1 is 1.14 bits per heavy atom. The summed E-state index contributed by atoms with van der Waals surface area (Å²) < 4.78 is 31.8. The normalized spacial score (nSPS) is 19.4. The van der Waals surface area contributed by atoms with Crippen LogP contribution in [0.3, 0.4) is 0 Å². The monoisotopic (exact) mass is 519 g/mol. The summed E-state index contributed by atoms with van der Waals surface area (Å²) in [5.74, 6) is -0.666. The van der Waals surface area contributed by atoms with Gasteiger partial charge in [-0.15, -0.1) is 5.06 Å². The number of rotatable bonds is 6. The minimum absolute atomic E-state index is 0.0497. The Balaban J connectivity index is 1.87. The van der Waals surface area contributed by atoms with Gasteiger partial charge in [-0.2, -0.15) is 5.26 Å². The van der Waals surface area contributed by atoms with Gasteiger partial charge in [-0.25, -0.2) is 13.2 Å². The van der Waals surface area contributed by atoms with Crippen molar-refractivity contribution < 1.29 is 27.6 Å². The van der Waals surface area contributed by atoms with Gasteiger partial charge in [-0.05, 0) is 44.9 Å². The van der Waals surface area contributed by atoms with Crippen LogP contribution in [0, 0.1) is 11.3 Å². The second kappa shape index (κ2) is 10.6. The molecule has 1 fully saturated rings. The first kappa shape index (κ1) is 26.5. The summed E-state index contributed by atoms with van der Waals surface area (Å²) in [6.07, 6.45) is -1.26. The summed E-state index contributed by atoms with van der Waals surface area (Å²) >= 11 is 6.12. The van der Waals surface area contributed by atoms with E-state index in [4.69, 9.17) is 21.2 Å². The maximum absolute atomic E-state index is 13.3. The summed E-state index contributed by atoms with van der Waals surface area (Å²) in [6, 6.07) is 14.4. The number of hydrogen-bond donors (Lipinski definition) is 1. The molecule has 0 bridgehead atoms. The molecule has 3 atom stereocenters. The molecule has 1 saturated heterocycles. The molecule has 1 amide bonds. The van der Waals surface area contributed by atoms with E-state index in [-0.39, 0.29) is 22.9 Å². The topological polar surface area (TPSA) is 126 Å². The molecule has 1 heterocycles. The number of carbonyl (C=O) groups excluding carboxylic acids is 2. The van der Waals surface area contributed by atoms with E-state index in [2.05, 4.69) is 5.32 Å². The number of amides is 1. The van der Waals surface area contributed by atoms with E-state index in [1.165, 1.54) is 12.1 Å². The van der Waals surface area contributed by atoms with Crippen LogP contribution in [-0.2, 0) is 24.2 Å². The van der Waals surface area contributed by atoms with E-state index < -0.39 is 44.8 Å². The number of ether oxygens (including phenoxy) is 1. The summed E-state index contributed by atoms with van der Waals surface area (Å²) in [5.41, 5.74) is -0.308. The number of hydrogen-bond acceptors (Lipinski definition) is 8. The van der Waals surface area contributed by atoms with Crippen LogP contribution < -0.4 is 5.32 Å². The lowest BCUT2D eigenvalue weighted by molar-refractivity contribution is -0.162. The van der Waals surface area contributed by atoms with Gasteiger partial charge in [0.25, 0.3) is 0 Å². The number of sulfone groups is 1. The number of nitrogens with one attached hydrogen (secondary N) is 1. The van der Waals surface area contributed by atoms with E-state index in [0.29, 0.717) is 5.56 Å². The largest absolute Gasteiger partial charge is 0.528 e. The highest BCUT2D eigenvalue weighted by Crippen LogP contribution is 2.32. The standard InChI is InChI=1S/C24H26ClN3O6S/c1-24(2,3)33-23(30)34-28-15-17(35(31,32)21-12-8-7-11-18(21)25)13-20(28)22(29)27-19(14-26)16-9-5-4-6-10-16/h4-12,17,19-20H,13,15H2,1-3H3,(H,27,29)/t17-,19?,20+/m1/s1. The average molecular weight is 520 g/mol. The first-order valence-electron chi connectivity index (χ1n) is 10.8. The molecule has 0 aliphatic carbocycles. The summed E-state index contributed by atoms with van der Waals surface area (Å²) in [6.45, 7) is 4.65. The summed E-state index contributed by atoms with van der Waals surface area (Å²) in [5, 5.41) is 12.1. The predicted octanol–water partition coefficient (Wildman–Crippen LogP) is 3.80. The number of nitrogens with zero attached hydrogens (tertiary/aromatic N) is 2. The molecular formula is C24H26ClN3O6S.